The largest absolute Gasteiger partial charge is 0.500 e. The molecule has 5 nitrogen and oxygen atoms in total. The van der Waals surface area contributed by atoms with E-state index in [1.54, 1.807) is 21.3 Å². The molecule has 1 heterocycles. The molecule has 0 aromatic carbocycles. The molecule has 0 aliphatic carbocycles. The number of epoxide rings is 1. The van der Waals surface area contributed by atoms with Crippen LogP contribution in [-0.2, 0) is 22.8 Å². The first-order valence-corrected chi connectivity index (χ1v) is 7.54. The van der Waals surface area contributed by atoms with Crippen molar-refractivity contribution in [3.8, 4) is 0 Å². The highest BCUT2D eigenvalue weighted by Crippen LogP contribution is 2.16. The van der Waals surface area contributed by atoms with Gasteiger partial charge in [0.15, 0.2) is 0 Å². The van der Waals surface area contributed by atoms with Gasteiger partial charge in [0.05, 0.1) is 13.2 Å². The molecule has 1 rings (SSSR count). The lowest BCUT2D eigenvalue weighted by Gasteiger charge is -2.24. The topological polar surface area (TPSA) is 49.5 Å². The summed E-state index contributed by atoms with van der Waals surface area (Å²) in [6, 6.07) is 0.833. The lowest BCUT2D eigenvalue weighted by molar-refractivity contribution is 0.107. The van der Waals surface area contributed by atoms with Gasteiger partial charge in [0.25, 0.3) is 0 Å². The SMILES string of the molecule is CO[Si](CCCCOC[C@H]1CO1)(OC)OC. The van der Waals surface area contributed by atoms with Crippen molar-refractivity contribution in [1.29, 1.82) is 0 Å². The second kappa shape index (κ2) is 7.36. The second-order valence-corrected chi connectivity index (χ2v) is 6.87. The third-order valence-corrected chi connectivity index (χ3v) is 5.49. The van der Waals surface area contributed by atoms with E-state index >= 15 is 0 Å². The Balaban J connectivity index is 1.98. The molecule has 1 atom stereocenters. The van der Waals surface area contributed by atoms with Crippen LogP contribution in [0, 0.1) is 0 Å². The van der Waals surface area contributed by atoms with E-state index in [0.717, 1.165) is 38.7 Å². The Morgan fingerprint density at radius 2 is 1.75 bits per heavy atom. The molecule has 0 spiro atoms. The minimum Gasteiger partial charge on any atom is -0.379 e. The Morgan fingerprint density at radius 3 is 2.25 bits per heavy atom. The molecule has 16 heavy (non-hydrogen) atoms. The molecule has 96 valence electrons. The Kier molecular flexibility index (Phi) is 6.48. The summed E-state index contributed by atoms with van der Waals surface area (Å²) in [7, 11) is 2.55. The quantitative estimate of drug-likeness (QED) is 0.330. The number of rotatable bonds is 10. The van der Waals surface area contributed by atoms with Crippen LogP contribution in [-0.4, -0.2) is 56.1 Å². The molecule has 0 radical (unpaired) electrons. The normalized spacial score (nSPS) is 20.1. The number of hydrogen-bond acceptors (Lipinski definition) is 5. The highest BCUT2D eigenvalue weighted by atomic mass is 28.4. The molecule has 1 fully saturated rings. The van der Waals surface area contributed by atoms with Crippen LogP contribution in [0.3, 0.4) is 0 Å². The van der Waals surface area contributed by atoms with Crippen LogP contribution in [0.4, 0.5) is 0 Å². The summed E-state index contributed by atoms with van der Waals surface area (Å²) < 4.78 is 26.5. The molecule has 6 heteroatoms. The zero-order valence-electron chi connectivity index (χ0n) is 10.4. The highest BCUT2D eigenvalue weighted by molar-refractivity contribution is 6.60. The molecule has 0 unspecified atom stereocenters. The molecular weight excluding hydrogens is 228 g/mol. The molecular formula is C10H22O5Si. The van der Waals surface area contributed by atoms with Crippen molar-refractivity contribution in [3.63, 3.8) is 0 Å². The van der Waals surface area contributed by atoms with Crippen LogP contribution in [0.25, 0.3) is 0 Å². The minimum absolute atomic E-state index is 0.352. The molecule has 0 N–H and O–H groups in total. The van der Waals surface area contributed by atoms with Crippen molar-refractivity contribution < 1.29 is 22.8 Å². The molecule has 0 bridgehead atoms. The Morgan fingerprint density at radius 1 is 1.12 bits per heavy atom. The predicted octanol–water partition coefficient (Wildman–Crippen LogP) is 1.06. The molecule has 1 aliphatic heterocycles. The van der Waals surface area contributed by atoms with Crippen molar-refractivity contribution in [3.05, 3.63) is 0 Å². The van der Waals surface area contributed by atoms with Crippen LogP contribution in [0.2, 0.25) is 6.04 Å². The average molecular weight is 250 g/mol. The number of hydrogen-bond donors (Lipinski definition) is 0. The summed E-state index contributed by atoms with van der Waals surface area (Å²) in [5.41, 5.74) is 0. The van der Waals surface area contributed by atoms with Gasteiger partial charge in [-0.25, -0.2) is 0 Å². The van der Waals surface area contributed by atoms with Gasteiger partial charge in [-0.1, -0.05) is 0 Å². The molecule has 0 aromatic rings. The van der Waals surface area contributed by atoms with E-state index < -0.39 is 8.80 Å². The number of unbranched alkanes of at least 4 members (excludes halogenated alkanes) is 1. The van der Waals surface area contributed by atoms with Gasteiger partial charge in [-0.3, -0.25) is 0 Å². The van der Waals surface area contributed by atoms with Crippen molar-refractivity contribution in [2.75, 3.05) is 41.2 Å². The van der Waals surface area contributed by atoms with Gasteiger partial charge >= 0.3 is 8.80 Å². The Hall–Kier alpha value is 0.0169. The minimum atomic E-state index is -2.37. The third kappa shape index (κ3) is 4.90. The summed E-state index contributed by atoms with van der Waals surface area (Å²) in [5, 5.41) is 0. The van der Waals surface area contributed by atoms with Crippen LogP contribution < -0.4 is 0 Å². The van der Waals surface area contributed by atoms with Gasteiger partial charge in [0.1, 0.15) is 6.10 Å². The first-order valence-electron chi connectivity index (χ1n) is 5.61. The molecule has 0 aromatic heterocycles. The maximum atomic E-state index is 5.44. The van der Waals surface area contributed by atoms with Crippen LogP contribution >= 0.6 is 0 Å². The van der Waals surface area contributed by atoms with E-state index in [4.69, 9.17) is 22.8 Å². The van der Waals surface area contributed by atoms with Crippen LogP contribution in [0.5, 0.6) is 0 Å². The van der Waals surface area contributed by atoms with Crippen molar-refractivity contribution in [2.45, 2.75) is 25.0 Å². The molecule has 0 saturated carbocycles. The lowest BCUT2D eigenvalue weighted by Crippen LogP contribution is -2.42. The summed E-state index contributed by atoms with van der Waals surface area (Å²) in [4.78, 5) is 0. The summed E-state index contributed by atoms with van der Waals surface area (Å²) in [5.74, 6) is 0. The van der Waals surface area contributed by atoms with Gasteiger partial charge in [-0.05, 0) is 12.8 Å². The molecule has 1 aliphatic rings. The molecule has 1 saturated heterocycles. The highest BCUT2D eigenvalue weighted by Gasteiger charge is 2.36. The van der Waals surface area contributed by atoms with E-state index in [9.17, 15) is 0 Å². The van der Waals surface area contributed by atoms with Crippen LogP contribution in [0.15, 0.2) is 0 Å². The standard InChI is InChI=1S/C10H22O5Si/c1-11-16(12-2,13-3)7-5-4-6-14-8-10-9-15-10/h10H,4-9H2,1-3H3/t10-/m0/s1. The van der Waals surface area contributed by atoms with E-state index in [-0.39, 0.29) is 0 Å². The molecule has 0 amide bonds. The first-order chi connectivity index (χ1) is 7.76. The van der Waals surface area contributed by atoms with Gasteiger partial charge in [-0.2, -0.15) is 0 Å². The summed E-state index contributed by atoms with van der Waals surface area (Å²) >= 11 is 0. The zero-order chi connectivity index (χ0) is 11.9. The second-order valence-electron chi connectivity index (χ2n) is 3.78. The van der Waals surface area contributed by atoms with E-state index in [0.29, 0.717) is 6.10 Å². The Bertz CT molecular complexity index is 174. The van der Waals surface area contributed by atoms with Crippen LogP contribution in [0.1, 0.15) is 12.8 Å². The summed E-state index contributed by atoms with van der Waals surface area (Å²) in [6.45, 7) is 2.34. The average Bonchev–Trinajstić information content (AvgIpc) is 3.13. The van der Waals surface area contributed by atoms with E-state index in [2.05, 4.69) is 0 Å². The fraction of sp³-hybridized carbons (Fsp3) is 1.00. The van der Waals surface area contributed by atoms with Gasteiger partial charge < -0.3 is 22.8 Å². The van der Waals surface area contributed by atoms with Crippen molar-refractivity contribution in [2.24, 2.45) is 0 Å². The van der Waals surface area contributed by atoms with Gasteiger partial charge in [0.2, 0.25) is 0 Å². The monoisotopic (exact) mass is 250 g/mol. The fourth-order valence-corrected chi connectivity index (χ4v) is 3.28. The van der Waals surface area contributed by atoms with Gasteiger partial charge in [0, 0.05) is 34.0 Å². The van der Waals surface area contributed by atoms with Gasteiger partial charge in [-0.15, -0.1) is 0 Å². The summed E-state index contributed by atoms with van der Waals surface area (Å²) in [6.07, 6.45) is 2.34. The smallest absolute Gasteiger partial charge is 0.379 e. The fourth-order valence-electron chi connectivity index (χ4n) is 1.48. The maximum absolute atomic E-state index is 5.44. The maximum Gasteiger partial charge on any atom is 0.500 e. The predicted molar refractivity (Wildman–Crippen MR) is 61.4 cm³/mol. The zero-order valence-corrected chi connectivity index (χ0v) is 11.4. The van der Waals surface area contributed by atoms with E-state index in [1.165, 1.54) is 0 Å². The van der Waals surface area contributed by atoms with E-state index in [1.807, 2.05) is 0 Å². The number of ether oxygens (including phenoxy) is 2. The van der Waals surface area contributed by atoms with Crippen molar-refractivity contribution >= 4 is 8.80 Å². The lowest BCUT2D eigenvalue weighted by atomic mass is 10.3. The first kappa shape index (κ1) is 14.1. The Labute approximate surface area is 98.3 Å². The third-order valence-electron chi connectivity index (χ3n) is 2.66. The van der Waals surface area contributed by atoms with Crippen molar-refractivity contribution in [1.82, 2.24) is 0 Å².